The molecule has 1 rings (SSSR count). The van der Waals surface area contributed by atoms with Gasteiger partial charge in [0.25, 0.3) is 0 Å². The van der Waals surface area contributed by atoms with Gasteiger partial charge in [-0.3, -0.25) is 0 Å². The summed E-state index contributed by atoms with van der Waals surface area (Å²) in [4.78, 5) is 0. The predicted molar refractivity (Wildman–Crippen MR) is 41.9 cm³/mol. The van der Waals surface area contributed by atoms with Crippen LogP contribution in [0.25, 0.3) is 0 Å². The van der Waals surface area contributed by atoms with Gasteiger partial charge in [0.15, 0.2) is 0 Å². The Morgan fingerprint density at radius 2 is 2.30 bits per heavy atom. The molecule has 0 saturated heterocycles. The molecule has 0 aromatic rings. The van der Waals surface area contributed by atoms with Gasteiger partial charge in [-0.05, 0) is 45.2 Å². The molecule has 1 atom stereocenters. The summed E-state index contributed by atoms with van der Waals surface area (Å²) in [6, 6.07) is 0. The molecule has 0 aliphatic heterocycles. The molecule has 0 amide bonds. The molecule has 0 aromatic carbocycles. The van der Waals surface area contributed by atoms with Gasteiger partial charge in [0.1, 0.15) is 0 Å². The minimum absolute atomic E-state index is 0.147. The van der Waals surface area contributed by atoms with Crippen LogP contribution in [-0.4, -0.2) is 24.3 Å². The van der Waals surface area contributed by atoms with E-state index in [9.17, 15) is 0 Å². The molecule has 60 valence electrons. The van der Waals surface area contributed by atoms with Crippen LogP contribution < -0.4 is 5.32 Å². The Morgan fingerprint density at radius 3 is 2.80 bits per heavy atom. The third kappa shape index (κ3) is 3.85. The Kier molecular flexibility index (Phi) is 3.16. The molecule has 1 aliphatic carbocycles. The fraction of sp³-hybridized carbons (Fsp3) is 1.00. The number of nitrogens with one attached hydrogen (secondary N) is 1. The van der Waals surface area contributed by atoms with Crippen molar-refractivity contribution in [3.05, 3.63) is 0 Å². The average Bonchev–Trinajstić information content (AvgIpc) is 2.62. The van der Waals surface area contributed by atoms with E-state index in [4.69, 9.17) is 5.11 Å². The van der Waals surface area contributed by atoms with Crippen LogP contribution in [0.15, 0.2) is 0 Å². The van der Waals surface area contributed by atoms with Crippen molar-refractivity contribution in [2.45, 2.75) is 32.3 Å². The second-order valence-electron chi connectivity index (χ2n) is 3.29. The van der Waals surface area contributed by atoms with Crippen molar-refractivity contribution in [3.8, 4) is 0 Å². The normalized spacial score (nSPS) is 21.0. The molecular weight excluding hydrogens is 126 g/mol. The Balaban J connectivity index is 1.76. The number of aliphatic hydroxyl groups excluding tert-OH is 1. The standard InChI is InChI=1S/C8H17NO/c1-7(10)4-5-9-6-8-2-3-8/h7-10H,2-6H2,1H3/t7-/m1/s1. The van der Waals surface area contributed by atoms with Gasteiger partial charge in [-0.15, -0.1) is 0 Å². The lowest BCUT2D eigenvalue weighted by Crippen LogP contribution is -2.21. The lowest BCUT2D eigenvalue weighted by Gasteiger charge is -2.04. The Morgan fingerprint density at radius 1 is 1.60 bits per heavy atom. The van der Waals surface area contributed by atoms with Crippen LogP contribution in [0.3, 0.4) is 0 Å². The monoisotopic (exact) mass is 143 g/mol. The minimum Gasteiger partial charge on any atom is -0.393 e. The van der Waals surface area contributed by atoms with Crippen LogP contribution in [0.1, 0.15) is 26.2 Å². The predicted octanol–water partition coefficient (Wildman–Crippen LogP) is 0.757. The Hall–Kier alpha value is -0.0800. The SMILES string of the molecule is C[C@@H](O)CCNCC1CC1. The van der Waals surface area contributed by atoms with Crippen LogP contribution >= 0.6 is 0 Å². The first-order valence-corrected chi connectivity index (χ1v) is 4.18. The van der Waals surface area contributed by atoms with Crippen LogP contribution in [0.5, 0.6) is 0 Å². The third-order valence-electron chi connectivity index (χ3n) is 1.87. The summed E-state index contributed by atoms with van der Waals surface area (Å²) in [5, 5.41) is 12.2. The first-order chi connectivity index (χ1) is 4.79. The molecule has 2 N–H and O–H groups in total. The van der Waals surface area contributed by atoms with E-state index in [1.165, 1.54) is 12.8 Å². The summed E-state index contributed by atoms with van der Waals surface area (Å²) >= 11 is 0. The maximum absolute atomic E-state index is 8.89. The van der Waals surface area contributed by atoms with Crippen molar-refractivity contribution >= 4 is 0 Å². The fourth-order valence-corrected chi connectivity index (χ4v) is 0.939. The van der Waals surface area contributed by atoms with Crippen LogP contribution in [0, 0.1) is 5.92 Å². The van der Waals surface area contributed by atoms with Gasteiger partial charge in [-0.25, -0.2) is 0 Å². The topological polar surface area (TPSA) is 32.3 Å². The number of rotatable bonds is 5. The molecule has 0 bridgehead atoms. The summed E-state index contributed by atoms with van der Waals surface area (Å²) in [5.41, 5.74) is 0. The third-order valence-corrected chi connectivity index (χ3v) is 1.87. The minimum atomic E-state index is -0.147. The average molecular weight is 143 g/mol. The Labute approximate surface area is 62.6 Å². The molecule has 2 nitrogen and oxygen atoms in total. The smallest absolute Gasteiger partial charge is 0.0524 e. The van der Waals surface area contributed by atoms with Crippen molar-refractivity contribution in [1.82, 2.24) is 5.32 Å². The van der Waals surface area contributed by atoms with Gasteiger partial charge >= 0.3 is 0 Å². The molecular formula is C8H17NO. The summed E-state index contributed by atoms with van der Waals surface area (Å²) < 4.78 is 0. The van der Waals surface area contributed by atoms with E-state index >= 15 is 0 Å². The molecule has 2 heteroatoms. The highest BCUT2D eigenvalue weighted by molar-refractivity contribution is 4.75. The molecule has 10 heavy (non-hydrogen) atoms. The van der Waals surface area contributed by atoms with Crippen molar-refractivity contribution in [2.24, 2.45) is 5.92 Å². The second kappa shape index (κ2) is 3.94. The Bertz CT molecular complexity index is 85.3. The molecule has 0 aromatic heterocycles. The zero-order valence-electron chi connectivity index (χ0n) is 6.64. The van der Waals surface area contributed by atoms with Crippen LogP contribution in [0.4, 0.5) is 0 Å². The lowest BCUT2D eigenvalue weighted by molar-refractivity contribution is 0.183. The van der Waals surface area contributed by atoms with E-state index in [1.54, 1.807) is 0 Å². The first-order valence-electron chi connectivity index (χ1n) is 4.18. The lowest BCUT2D eigenvalue weighted by atomic mass is 10.3. The van der Waals surface area contributed by atoms with Gasteiger partial charge < -0.3 is 10.4 Å². The molecule has 1 saturated carbocycles. The number of aliphatic hydroxyl groups is 1. The summed E-state index contributed by atoms with van der Waals surface area (Å²) in [6.07, 6.45) is 3.54. The maximum Gasteiger partial charge on any atom is 0.0524 e. The van der Waals surface area contributed by atoms with Gasteiger partial charge in [-0.2, -0.15) is 0 Å². The van der Waals surface area contributed by atoms with Crippen molar-refractivity contribution in [3.63, 3.8) is 0 Å². The summed E-state index contributed by atoms with van der Waals surface area (Å²) in [5.74, 6) is 0.953. The molecule has 0 radical (unpaired) electrons. The fourth-order valence-electron chi connectivity index (χ4n) is 0.939. The molecule has 0 heterocycles. The molecule has 0 spiro atoms. The van der Waals surface area contributed by atoms with E-state index in [0.717, 1.165) is 25.4 Å². The highest BCUT2D eigenvalue weighted by atomic mass is 16.3. The first kappa shape index (κ1) is 8.02. The van der Waals surface area contributed by atoms with Crippen molar-refractivity contribution in [1.29, 1.82) is 0 Å². The number of hydrogen-bond donors (Lipinski definition) is 2. The second-order valence-corrected chi connectivity index (χ2v) is 3.29. The highest BCUT2D eigenvalue weighted by Gasteiger charge is 2.19. The highest BCUT2D eigenvalue weighted by Crippen LogP contribution is 2.27. The van der Waals surface area contributed by atoms with E-state index in [1.807, 2.05) is 6.92 Å². The van der Waals surface area contributed by atoms with Gasteiger partial charge in [0.05, 0.1) is 6.10 Å². The van der Waals surface area contributed by atoms with Crippen LogP contribution in [0.2, 0.25) is 0 Å². The molecule has 1 fully saturated rings. The largest absolute Gasteiger partial charge is 0.393 e. The quantitative estimate of drug-likeness (QED) is 0.557. The van der Waals surface area contributed by atoms with E-state index in [2.05, 4.69) is 5.32 Å². The van der Waals surface area contributed by atoms with Crippen molar-refractivity contribution < 1.29 is 5.11 Å². The van der Waals surface area contributed by atoms with E-state index in [0.29, 0.717) is 0 Å². The maximum atomic E-state index is 8.89. The summed E-state index contributed by atoms with van der Waals surface area (Å²) in [7, 11) is 0. The van der Waals surface area contributed by atoms with Gasteiger partial charge in [-0.1, -0.05) is 0 Å². The van der Waals surface area contributed by atoms with Crippen LogP contribution in [-0.2, 0) is 0 Å². The number of hydrogen-bond acceptors (Lipinski definition) is 2. The molecule has 1 aliphatic rings. The van der Waals surface area contributed by atoms with E-state index < -0.39 is 0 Å². The molecule has 0 unspecified atom stereocenters. The summed E-state index contributed by atoms with van der Waals surface area (Å²) in [6.45, 7) is 3.96. The zero-order chi connectivity index (χ0) is 7.40. The van der Waals surface area contributed by atoms with Gasteiger partial charge in [0, 0.05) is 0 Å². The van der Waals surface area contributed by atoms with Gasteiger partial charge in [0.2, 0.25) is 0 Å². The zero-order valence-corrected chi connectivity index (χ0v) is 6.64. The van der Waals surface area contributed by atoms with E-state index in [-0.39, 0.29) is 6.10 Å². The van der Waals surface area contributed by atoms with Crippen molar-refractivity contribution in [2.75, 3.05) is 13.1 Å².